The van der Waals surface area contributed by atoms with E-state index < -0.39 is 0 Å². The fourth-order valence-corrected chi connectivity index (χ4v) is 1.92. The SMILES string of the molecule is COc1ccc(-n2cc(CCCBr)cn2)cc1. The summed E-state index contributed by atoms with van der Waals surface area (Å²) in [5, 5.41) is 5.38. The Morgan fingerprint density at radius 2 is 2.06 bits per heavy atom. The van der Waals surface area contributed by atoms with Crippen molar-refractivity contribution in [2.45, 2.75) is 12.8 Å². The largest absolute Gasteiger partial charge is 0.497 e. The third-order valence-electron chi connectivity index (χ3n) is 2.57. The van der Waals surface area contributed by atoms with Gasteiger partial charge in [0.25, 0.3) is 0 Å². The van der Waals surface area contributed by atoms with Crippen molar-refractivity contribution >= 4 is 15.9 Å². The summed E-state index contributed by atoms with van der Waals surface area (Å²) in [4.78, 5) is 0. The molecule has 0 aliphatic heterocycles. The number of aryl methyl sites for hydroxylation is 1. The fourth-order valence-electron chi connectivity index (χ4n) is 1.64. The molecule has 1 aromatic carbocycles. The smallest absolute Gasteiger partial charge is 0.119 e. The van der Waals surface area contributed by atoms with Crippen molar-refractivity contribution in [3.05, 3.63) is 42.2 Å². The van der Waals surface area contributed by atoms with Gasteiger partial charge in [-0.2, -0.15) is 5.10 Å². The molecule has 0 saturated heterocycles. The van der Waals surface area contributed by atoms with Gasteiger partial charge in [-0.3, -0.25) is 0 Å². The lowest BCUT2D eigenvalue weighted by Gasteiger charge is -2.02. The molecule has 0 bridgehead atoms. The van der Waals surface area contributed by atoms with Crippen LogP contribution in [-0.4, -0.2) is 22.2 Å². The molecule has 17 heavy (non-hydrogen) atoms. The molecule has 1 aromatic heterocycles. The van der Waals surface area contributed by atoms with Crippen LogP contribution in [0, 0.1) is 0 Å². The van der Waals surface area contributed by atoms with Crippen molar-refractivity contribution in [2.75, 3.05) is 12.4 Å². The molecule has 0 atom stereocenters. The minimum atomic E-state index is 0.861. The van der Waals surface area contributed by atoms with Gasteiger partial charge < -0.3 is 4.74 Å². The summed E-state index contributed by atoms with van der Waals surface area (Å²) >= 11 is 3.43. The minimum absolute atomic E-state index is 0.861. The molecule has 0 saturated carbocycles. The van der Waals surface area contributed by atoms with Crippen LogP contribution < -0.4 is 4.74 Å². The van der Waals surface area contributed by atoms with E-state index in [2.05, 4.69) is 27.2 Å². The molecule has 4 heteroatoms. The zero-order valence-corrected chi connectivity index (χ0v) is 11.4. The first-order chi connectivity index (χ1) is 8.33. The molecule has 2 rings (SSSR count). The van der Waals surface area contributed by atoms with Crippen LogP contribution >= 0.6 is 15.9 Å². The maximum atomic E-state index is 5.13. The van der Waals surface area contributed by atoms with Crippen LogP contribution in [0.1, 0.15) is 12.0 Å². The molecule has 0 spiro atoms. The van der Waals surface area contributed by atoms with Crippen LogP contribution in [0.25, 0.3) is 5.69 Å². The standard InChI is InChI=1S/C13H15BrN2O/c1-17-13-6-4-12(5-7-13)16-10-11(9-15-16)3-2-8-14/h4-7,9-10H,2-3,8H2,1H3. The lowest BCUT2D eigenvalue weighted by molar-refractivity contribution is 0.414. The number of nitrogens with zero attached hydrogens (tertiary/aromatic N) is 2. The summed E-state index contributed by atoms with van der Waals surface area (Å²) < 4.78 is 7.02. The van der Waals surface area contributed by atoms with E-state index in [1.165, 1.54) is 5.56 Å². The van der Waals surface area contributed by atoms with Gasteiger partial charge in [0.2, 0.25) is 0 Å². The van der Waals surface area contributed by atoms with Crippen molar-refractivity contribution < 1.29 is 4.74 Å². The second-order valence-electron chi connectivity index (χ2n) is 3.78. The number of hydrogen-bond donors (Lipinski definition) is 0. The summed E-state index contributed by atoms with van der Waals surface area (Å²) in [6, 6.07) is 7.88. The summed E-state index contributed by atoms with van der Waals surface area (Å²) in [5.74, 6) is 0.861. The Hall–Kier alpha value is -1.29. The number of halogens is 1. The molecule has 0 radical (unpaired) electrons. The number of hydrogen-bond acceptors (Lipinski definition) is 2. The highest BCUT2D eigenvalue weighted by Gasteiger charge is 2.01. The Balaban J connectivity index is 2.12. The highest BCUT2D eigenvalue weighted by atomic mass is 79.9. The van der Waals surface area contributed by atoms with E-state index in [4.69, 9.17) is 4.74 Å². The first kappa shape index (κ1) is 12.2. The first-order valence-electron chi connectivity index (χ1n) is 5.57. The molecule has 0 unspecified atom stereocenters. The number of rotatable bonds is 5. The van der Waals surface area contributed by atoms with Gasteiger partial charge in [0.15, 0.2) is 0 Å². The zero-order valence-electron chi connectivity index (χ0n) is 9.77. The Morgan fingerprint density at radius 1 is 1.29 bits per heavy atom. The van der Waals surface area contributed by atoms with Gasteiger partial charge in [-0.25, -0.2) is 4.68 Å². The van der Waals surface area contributed by atoms with Crippen molar-refractivity contribution in [1.29, 1.82) is 0 Å². The van der Waals surface area contributed by atoms with E-state index >= 15 is 0 Å². The molecular formula is C13H15BrN2O. The number of ether oxygens (including phenoxy) is 1. The zero-order chi connectivity index (χ0) is 12.1. The van der Waals surface area contributed by atoms with Crippen molar-refractivity contribution in [2.24, 2.45) is 0 Å². The third kappa shape index (κ3) is 3.09. The van der Waals surface area contributed by atoms with E-state index in [0.29, 0.717) is 0 Å². The van der Waals surface area contributed by atoms with Gasteiger partial charge in [0.05, 0.1) is 19.0 Å². The molecule has 90 valence electrons. The Bertz CT molecular complexity index is 465. The lowest BCUT2D eigenvalue weighted by atomic mass is 10.2. The van der Waals surface area contributed by atoms with E-state index in [9.17, 15) is 0 Å². The van der Waals surface area contributed by atoms with E-state index in [-0.39, 0.29) is 0 Å². The molecule has 0 fully saturated rings. The van der Waals surface area contributed by atoms with E-state index in [1.54, 1.807) is 7.11 Å². The summed E-state index contributed by atoms with van der Waals surface area (Å²) in [5.41, 5.74) is 2.32. The topological polar surface area (TPSA) is 27.1 Å². The molecule has 0 aliphatic rings. The Kier molecular flexibility index (Phi) is 4.20. The monoisotopic (exact) mass is 294 g/mol. The van der Waals surface area contributed by atoms with Crippen LogP contribution in [0.15, 0.2) is 36.7 Å². The number of benzene rings is 1. The average molecular weight is 295 g/mol. The van der Waals surface area contributed by atoms with Gasteiger partial charge >= 0.3 is 0 Å². The lowest BCUT2D eigenvalue weighted by Crippen LogP contribution is -1.94. The van der Waals surface area contributed by atoms with Crippen molar-refractivity contribution in [3.8, 4) is 11.4 Å². The average Bonchev–Trinajstić information content (AvgIpc) is 2.85. The van der Waals surface area contributed by atoms with Crippen LogP contribution in [-0.2, 0) is 6.42 Å². The molecule has 2 aromatic rings. The second-order valence-corrected chi connectivity index (χ2v) is 4.58. The van der Waals surface area contributed by atoms with Gasteiger partial charge in [0, 0.05) is 11.5 Å². The third-order valence-corrected chi connectivity index (χ3v) is 3.13. The highest BCUT2D eigenvalue weighted by Crippen LogP contribution is 2.15. The predicted molar refractivity (Wildman–Crippen MR) is 72.2 cm³/mol. The normalized spacial score (nSPS) is 10.5. The molecule has 3 nitrogen and oxygen atoms in total. The van der Waals surface area contributed by atoms with Crippen LogP contribution in [0.2, 0.25) is 0 Å². The molecule has 1 heterocycles. The maximum Gasteiger partial charge on any atom is 0.119 e. The first-order valence-corrected chi connectivity index (χ1v) is 6.69. The van der Waals surface area contributed by atoms with Crippen LogP contribution in [0.4, 0.5) is 0 Å². The van der Waals surface area contributed by atoms with E-state index in [0.717, 1.165) is 29.6 Å². The summed E-state index contributed by atoms with van der Waals surface area (Å²) in [7, 11) is 1.67. The number of methoxy groups -OCH3 is 1. The fraction of sp³-hybridized carbons (Fsp3) is 0.308. The number of alkyl halides is 1. The quantitative estimate of drug-likeness (QED) is 0.792. The molecule has 0 amide bonds. The van der Waals surface area contributed by atoms with Gasteiger partial charge in [0.1, 0.15) is 5.75 Å². The Morgan fingerprint density at radius 3 is 2.71 bits per heavy atom. The highest BCUT2D eigenvalue weighted by molar-refractivity contribution is 9.09. The second kappa shape index (κ2) is 5.87. The van der Waals surface area contributed by atoms with Crippen molar-refractivity contribution in [3.63, 3.8) is 0 Å². The molecule has 0 aliphatic carbocycles. The summed E-state index contributed by atoms with van der Waals surface area (Å²) in [6.45, 7) is 0. The Labute approximate surface area is 110 Å². The molecular weight excluding hydrogens is 280 g/mol. The number of aromatic nitrogens is 2. The van der Waals surface area contributed by atoms with Gasteiger partial charge in [-0.15, -0.1) is 0 Å². The van der Waals surface area contributed by atoms with Gasteiger partial charge in [-0.05, 0) is 42.7 Å². The van der Waals surface area contributed by atoms with Gasteiger partial charge in [-0.1, -0.05) is 15.9 Å². The predicted octanol–water partition coefficient (Wildman–Crippen LogP) is 3.21. The summed E-state index contributed by atoms with van der Waals surface area (Å²) in [6.07, 6.45) is 6.19. The minimum Gasteiger partial charge on any atom is -0.497 e. The van der Waals surface area contributed by atoms with Crippen molar-refractivity contribution in [1.82, 2.24) is 9.78 Å². The molecule has 0 N–H and O–H groups in total. The van der Waals surface area contributed by atoms with Crippen LogP contribution in [0.5, 0.6) is 5.75 Å². The van der Waals surface area contributed by atoms with Crippen LogP contribution in [0.3, 0.4) is 0 Å². The van der Waals surface area contributed by atoms with E-state index in [1.807, 2.05) is 35.1 Å². The maximum absolute atomic E-state index is 5.13.